The molecule has 0 heterocycles. The number of aryl methyl sites for hydroxylation is 2. The number of amides is 1. The molecule has 10 rings (SSSR count). The normalized spacial score (nSPS) is 32.4. The summed E-state index contributed by atoms with van der Waals surface area (Å²) < 4.78 is 26.4. The van der Waals surface area contributed by atoms with Crippen LogP contribution in [0.5, 0.6) is 0 Å². The van der Waals surface area contributed by atoms with Crippen LogP contribution in [-0.4, -0.2) is 289 Å². The molecule has 6 nitrogen and oxygen atoms in total. The average Bonchev–Trinajstić information content (AvgIpc) is 1.68. The van der Waals surface area contributed by atoms with Crippen molar-refractivity contribution < 1.29 is 50.4 Å². The molecule has 0 saturated heterocycles. The molecule has 2 aromatic carbocycles. The Labute approximate surface area is 653 Å². The van der Waals surface area contributed by atoms with E-state index in [1.165, 1.54) is 75.0 Å². The zero-order valence-corrected chi connectivity index (χ0v) is 63.7. The number of rotatable bonds is 17. The second-order valence-electron chi connectivity index (χ2n) is 33.2. The summed E-state index contributed by atoms with van der Waals surface area (Å²) in [5.41, 5.74) is 1.78. The summed E-state index contributed by atoms with van der Waals surface area (Å²) in [5, 5.41) is 22.8. The van der Waals surface area contributed by atoms with E-state index in [0.717, 1.165) is 75.5 Å². The van der Waals surface area contributed by atoms with Gasteiger partial charge in [-0.05, 0) is 217 Å². The third-order valence-electron chi connectivity index (χ3n) is 27.4. The Bertz CT molecular complexity index is 2800. The predicted octanol–water partition coefficient (Wildman–Crippen LogP) is -1.09. The van der Waals surface area contributed by atoms with E-state index in [-0.39, 0.29) is 93.5 Å². The first kappa shape index (κ1) is 91.9. The number of benzene rings is 2. The van der Waals surface area contributed by atoms with E-state index in [1.54, 1.807) is 46.2 Å². The third kappa shape index (κ3) is 19.9. The number of hydrogen-bond acceptors (Lipinski definition) is 5. The molecule has 8 fully saturated rings. The van der Waals surface area contributed by atoms with Crippen LogP contribution in [0.3, 0.4) is 0 Å². The van der Waals surface area contributed by atoms with E-state index < -0.39 is 101 Å². The molecular weight excluding hydrogens is 1270 g/mol. The van der Waals surface area contributed by atoms with E-state index in [0.29, 0.717) is 57.1 Å². The van der Waals surface area contributed by atoms with Crippen molar-refractivity contribution in [1.82, 2.24) is 5.06 Å². The topological polar surface area (TPSA) is 87.1 Å². The van der Waals surface area contributed by atoms with Crippen LogP contribution in [0.15, 0.2) is 36.4 Å². The molecule has 0 unspecified atom stereocenters. The van der Waals surface area contributed by atoms with Gasteiger partial charge in [-0.15, -0.1) is 11.6 Å². The van der Waals surface area contributed by atoms with Crippen molar-refractivity contribution in [3.8, 4) is 0 Å². The molecule has 8 saturated carbocycles. The fourth-order valence-corrected chi connectivity index (χ4v) is 22.1. The number of carbonyl (C=O) groups is 2. The standard InChI is InChI=1S/C28H39FO2.C23H39NO3.C7H6F.CH4.B30.BrH.Mg/c1-17-5-6-18(15-24(17)29)25(30)23-10-9-21-20-8-7-19-16-26(2,31)13-14-27(19,3)22(20)11-12-28(21,23)4;1-21(26)12-13-22(2)15(14-21)6-7-16-17-8-9-19(20(25)24(4)27-5)23(17,3)11-10-18(16)22;1-6-4-2-3-5-7(6)8;;1-17(2)25(18(3)4)29(26(19(5)6)20(7)8)30(27(21(9)10)22(11)12)28(23(13)14)24(15)16;;/h5-6,15,19-23,31H,7-14,16H2,1-4H3;15-19,26H,6-14H2,1-5H3;2,4-5H,1H3;1H4;;1H;/q;;-1;;;;+2/p-1/t19-,20-,21-,22-,23+,26+,27-,28-;15-,16-,17-,18-,19+,21+,22-,23-;;;;;/m00...../s1. The van der Waals surface area contributed by atoms with Gasteiger partial charge in [-0.2, -0.15) is 18.2 Å². The number of Topliss-reactive ketones (excluding diaryl/α,β-unsaturated/α-hetero) is 1. The maximum atomic E-state index is 14.2. The summed E-state index contributed by atoms with van der Waals surface area (Å²) in [4.78, 5) is 31.7. The fourth-order valence-electron chi connectivity index (χ4n) is 22.1. The molecule has 32 radical (unpaired) electrons. The number of hydrogen-bond donors (Lipinski definition) is 2. The Kier molecular flexibility index (Phi) is 34.6. The Morgan fingerprint density at radius 1 is 0.495 bits per heavy atom. The van der Waals surface area contributed by atoms with Crippen molar-refractivity contribution in [3.63, 3.8) is 0 Å². The summed E-state index contributed by atoms with van der Waals surface area (Å²) in [6.07, 6.45) is 6.49. The first-order valence-electron chi connectivity index (χ1n) is 35.8. The molecule has 1 amide bonds. The minimum Gasteiger partial charge on any atom is -1.00 e. The van der Waals surface area contributed by atoms with Crippen LogP contribution in [0, 0.1) is 112 Å². The predicted molar refractivity (Wildman–Crippen MR) is 442 cm³/mol. The smallest absolute Gasteiger partial charge is 1.00 e. The summed E-state index contributed by atoms with van der Waals surface area (Å²) >= 11 is 0. The van der Waals surface area contributed by atoms with Gasteiger partial charge in [-0.1, -0.05) is 54.2 Å². The van der Waals surface area contributed by atoms with Crippen LogP contribution in [0.1, 0.15) is 186 Å². The van der Waals surface area contributed by atoms with Crippen LogP contribution < -0.4 is 17.0 Å². The van der Waals surface area contributed by atoms with Gasteiger partial charge in [0, 0.05) is 243 Å². The molecular formula is C59H88B30BrF2MgNO5. The minimum absolute atomic E-state index is 0. The number of fused-ring (bicyclic) bond motifs is 10. The van der Waals surface area contributed by atoms with Gasteiger partial charge in [0.2, 0.25) is 5.91 Å². The maximum Gasteiger partial charge on any atom is 2.00 e. The molecule has 0 spiro atoms. The van der Waals surface area contributed by atoms with Crippen LogP contribution in [0.4, 0.5) is 8.78 Å². The molecule has 8 aliphatic rings. The van der Waals surface area contributed by atoms with Crippen molar-refractivity contribution in [1.29, 1.82) is 0 Å². The second kappa shape index (κ2) is 37.3. The summed E-state index contributed by atoms with van der Waals surface area (Å²) in [6, 6.07) is 12.4. The number of aliphatic hydroxyl groups is 2. The van der Waals surface area contributed by atoms with Crippen LogP contribution in [0.2, 0.25) is 0 Å². The van der Waals surface area contributed by atoms with E-state index in [9.17, 15) is 28.6 Å². The van der Waals surface area contributed by atoms with E-state index in [1.807, 2.05) is 19.9 Å². The third-order valence-corrected chi connectivity index (χ3v) is 27.4. The van der Waals surface area contributed by atoms with E-state index in [2.05, 4.69) is 33.8 Å². The van der Waals surface area contributed by atoms with Gasteiger partial charge in [-0.3, -0.25) is 18.8 Å². The van der Waals surface area contributed by atoms with Crippen LogP contribution in [-0.2, 0) is 9.63 Å². The Balaban J connectivity index is 0.000000294. The molecule has 0 aliphatic heterocycles. The number of hydroxylamine groups is 2. The Morgan fingerprint density at radius 2 is 0.848 bits per heavy atom. The summed E-state index contributed by atoms with van der Waals surface area (Å²) in [7, 11) is 99.7. The Hall–Kier alpha value is 0.514. The molecule has 16 atom stereocenters. The van der Waals surface area contributed by atoms with Gasteiger partial charge in [0.15, 0.2) is 5.78 Å². The Morgan fingerprint density at radius 3 is 1.18 bits per heavy atom. The summed E-state index contributed by atoms with van der Waals surface area (Å²) in [6.45, 7) is 17.3. The van der Waals surface area contributed by atoms with E-state index >= 15 is 0 Å². The van der Waals surface area contributed by atoms with Crippen LogP contribution >= 0.6 is 0 Å². The fraction of sp³-hybridized carbons (Fsp3) is 0.763. The van der Waals surface area contributed by atoms with Gasteiger partial charge in [-0.25, -0.2) is 9.45 Å². The van der Waals surface area contributed by atoms with Crippen molar-refractivity contribution >= 4 is 248 Å². The van der Waals surface area contributed by atoms with Crippen molar-refractivity contribution in [2.24, 2.45) is 80.8 Å². The first-order chi connectivity index (χ1) is 44.5. The SMILES string of the molecule is C.CON(C)C(=O)[C@H]1CC[C@H]2[C@@H]3CC[C@H]4C[C@](C)(O)CC[C@]4(C)[C@H]3CC[C@]12C.Cc1cc[c-]cc1F.Cc1ccc(C(=O)[C@H]2CC[C@H]3[C@@H]4CC[C@H]5C[C@](C)(O)CC[C@]5(C)[C@H]4CC[C@]23C)cc1F.[B]B([B])B(B([B])[B])B(B(B([B])[B])B([B])[B])B(B(B([B])[B])B([B])[B])B(B([B])[B])B([B])[B].[Br-].[Mg+2]. The molecule has 0 bridgehead atoms. The zero-order valence-electron chi connectivity index (χ0n) is 60.7. The molecule has 2 N–H and O–H groups in total. The number of ketones is 1. The minimum atomic E-state index is -1.07. The second-order valence-corrected chi connectivity index (χ2v) is 33.2. The van der Waals surface area contributed by atoms with Gasteiger partial charge in [0.25, 0.3) is 0 Å². The quantitative estimate of drug-likeness (QED) is 0.0913. The molecule has 472 valence electrons. The van der Waals surface area contributed by atoms with Crippen molar-refractivity contribution in [2.45, 2.75) is 190 Å². The first-order valence-corrected chi connectivity index (χ1v) is 35.8. The summed E-state index contributed by atoms with van der Waals surface area (Å²) in [5.74, 6) is 5.59. The number of nitrogens with zero attached hydrogens (tertiary/aromatic N) is 1. The van der Waals surface area contributed by atoms with Gasteiger partial charge in [0.05, 0.1) is 18.3 Å². The molecule has 0 aromatic heterocycles. The molecule has 99 heavy (non-hydrogen) atoms. The van der Waals surface area contributed by atoms with Gasteiger partial charge in [0.1, 0.15) is 5.82 Å². The maximum absolute atomic E-state index is 14.2. The van der Waals surface area contributed by atoms with Gasteiger partial charge >= 0.3 is 23.1 Å². The number of halogens is 3. The van der Waals surface area contributed by atoms with Gasteiger partial charge < -0.3 is 27.2 Å². The average molecular weight is 1360 g/mol. The van der Waals surface area contributed by atoms with E-state index in [4.69, 9.17) is 129 Å². The number of carbonyl (C=O) groups excluding carboxylic acids is 2. The molecule has 40 heteroatoms. The van der Waals surface area contributed by atoms with Crippen LogP contribution in [0.25, 0.3) is 0 Å². The molecule has 2 aromatic rings. The monoisotopic (exact) mass is 1360 g/mol. The molecule has 8 aliphatic carbocycles. The largest absolute Gasteiger partial charge is 2.00 e. The van der Waals surface area contributed by atoms with Crippen molar-refractivity contribution in [3.05, 3.63) is 70.8 Å². The van der Waals surface area contributed by atoms with Crippen molar-refractivity contribution in [2.75, 3.05) is 14.2 Å². The zero-order chi connectivity index (χ0) is 71.9.